The molecular weight excluding hydrogens is 348 g/mol. The average molecular weight is 360 g/mol. The van der Waals surface area contributed by atoms with E-state index in [1.165, 1.54) is 0 Å². The quantitative estimate of drug-likeness (QED) is 0.612. The minimum absolute atomic E-state index is 0.0390. The van der Waals surface area contributed by atoms with Gasteiger partial charge in [0.05, 0.1) is 11.4 Å². The Hall–Kier alpha value is -1.76. The molecule has 2 rings (SSSR count). The molecule has 1 aliphatic rings. The van der Waals surface area contributed by atoms with E-state index in [1.54, 1.807) is 0 Å². The van der Waals surface area contributed by atoms with Gasteiger partial charge in [-0.25, -0.2) is 14.1 Å². The lowest BCUT2D eigenvalue weighted by Crippen LogP contribution is -2.40. The summed E-state index contributed by atoms with van der Waals surface area (Å²) in [6.45, 7) is -0.0390. The fourth-order valence-corrected chi connectivity index (χ4v) is 2.27. The molecule has 1 aromatic carbocycles. The van der Waals surface area contributed by atoms with Crippen LogP contribution in [0.4, 0.5) is 13.6 Å². The average Bonchev–Trinajstić information content (AvgIpc) is 2.86. The van der Waals surface area contributed by atoms with Gasteiger partial charge in [0.25, 0.3) is 5.91 Å². The van der Waals surface area contributed by atoms with Gasteiger partial charge in [-0.15, -0.1) is 0 Å². The Morgan fingerprint density at radius 3 is 2.62 bits per heavy atom. The number of halogens is 3. The third kappa shape index (κ3) is 3.47. The minimum Gasteiger partial charge on any atom is -0.447 e. The highest BCUT2D eigenvalue weighted by atomic mass is 79.9. The summed E-state index contributed by atoms with van der Waals surface area (Å²) < 4.78 is 31.5. The van der Waals surface area contributed by atoms with E-state index in [-0.39, 0.29) is 6.61 Å². The van der Waals surface area contributed by atoms with Crippen molar-refractivity contribution in [3.63, 3.8) is 0 Å². The molecule has 0 unspecified atom stereocenters. The third-order valence-electron chi connectivity index (χ3n) is 3.04. The maximum atomic E-state index is 13.6. The van der Waals surface area contributed by atoms with E-state index in [4.69, 9.17) is 4.74 Å². The number of ether oxygens (including phenoxy) is 1. The van der Waals surface area contributed by atoms with Gasteiger partial charge in [-0.1, -0.05) is 46.3 Å². The fourth-order valence-electron chi connectivity index (χ4n) is 2.03. The summed E-state index contributed by atoms with van der Waals surface area (Å²) in [6, 6.07) is 8.43. The first kappa shape index (κ1) is 15.6. The molecule has 0 radical (unpaired) electrons. The largest absolute Gasteiger partial charge is 0.447 e. The predicted molar refractivity (Wildman–Crippen MR) is 75.2 cm³/mol. The summed E-state index contributed by atoms with van der Waals surface area (Å²) in [7, 11) is 0. The SMILES string of the molecule is O=C1OC[C@H](Cc2ccccc2)N1C(=O)/C(F)=C(\F)CBr. The molecule has 1 aromatic rings. The van der Waals surface area contributed by atoms with Crippen molar-refractivity contribution in [2.75, 3.05) is 11.9 Å². The van der Waals surface area contributed by atoms with Crippen LogP contribution in [0, 0.1) is 0 Å². The molecule has 112 valence electrons. The molecule has 1 fully saturated rings. The van der Waals surface area contributed by atoms with Crippen molar-refractivity contribution in [1.29, 1.82) is 0 Å². The second kappa shape index (κ2) is 6.80. The monoisotopic (exact) mass is 359 g/mol. The van der Waals surface area contributed by atoms with Gasteiger partial charge in [0.1, 0.15) is 6.61 Å². The summed E-state index contributed by atoms with van der Waals surface area (Å²) in [6.07, 6.45) is -0.639. The van der Waals surface area contributed by atoms with Crippen LogP contribution >= 0.6 is 15.9 Å². The summed E-state index contributed by atoms with van der Waals surface area (Å²) in [5, 5.41) is -0.434. The number of nitrogens with zero attached hydrogens (tertiary/aromatic N) is 1. The molecule has 0 saturated carbocycles. The number of allylic oxidation sites excluding steroid dienone is 1. The molecule has 1 saturated heterocycles. The molecule has 1 aliphatic heterocycles. The predicted octanol–water partition coefficient (Wildman–Crippen LogP) is 3.12. The molecule has 0 N–H and O–H groups in total. The number of cyclic esters (lactones) is 1. The lowest BCUT2D eigenvalue weighted by molar-refractivity contribution is -0.126. The Balaban J connectivity index is 2.19. The lowest BCUT2D eigenvalue weighted by Gasteiger charge is -2.18. The highest BCUT2D eigenvalue weighted by Crippen LogP contribution is 2.22. The van der Waals surface area contributed by atoms with Crippen LogP contribution in [-0.4, -0.2) is 34.9 Å². The van der Waals surface area contributed by atoms with Crippen LogP contribution in [-0.2, 0) is 16.0 Å². The maximum Gasteiger partial charge on any atom is 0.417 e. The summed E-state index contributed by atoms with van der Waals surface area (Å²) in [5.74, 6) is -4.14. The zero-order valence-corrected chi connectivity index (χ0v) is 12.5. The first-order valence-corrected chi connectivity index (χ1v) is 7.31. The molecule has 1 atom stereocenters. The van der Waals surface area contributed by atoms with Gasteiger partial charge < -0.3 is 4.74 Å². The lowest BCUT2D eigenvalue weighted by atomic mass is 10.1. The van der Waals surface area contributed by atoms with Gasteiger partial charge in [0.15, 0.2) is 5.83 Å². The van der Waals surface area contributed by atoms with Gasteiger partial charge in [-0.2, -0.15) is 4.39 Å². The van der Waals surface area contributed by atoms with Gasteiger partial charge in [0.2, 0.25) is 5.83 Å². The highest BCUT2D eigenvalue weighted by molar-refractivity contribution is 9.09. The second-order valence-electron chi connectivity index (χ2n) is 4.45. The number of hydrogen-bond acceptors (Lipinski definition) is 3. The van der Waals surface area contributed by atoms with Crippen molar-refractivity contribution >= 4 is 27.9 Å². The molecule has 0 bridgehead atoms. The maximum absolute atomic E-state index is 13.6. The number of carbonyl (C=O) groups is 2. The van der Waals surface area contributed by atoms with Crippen LogP contribution in [0.25, 0.3) is 0 Å². The highest BCUT2D eigenvalue weighted by Gasteiger charge is 2.40. The minimum atomic E-state index is -1.58. The number of carbonyl (C=O) groups excluding carboxylic acids is 2. The van der Waals surface area contributed by atoms with Crippen molar-refractivity contribution in [1.82, 2.24) is 4.90 Å². The number of benzene rings is 1. The third-order valence-corrected chi connectivity index (χ3v) is 3.53. The Morgan fingerprint density at radius 2 is 2.00 bits per heavy atom. The zero-order chi connectivity index (χ0) is 15.4. The van der Waals surface area contributed by atoms with E-state index in [1.807, 2.05) is 30.3 Å². The molecule has 21 heavy (non-hydrogen) atoms. The van der Waals surface area contributed by atoms with Gasteiger partial charge in [-0.05, 0) is 12.0 Å². The van der Waals surface area contributed by atoms with Crippen molar-refractivity contribution in [2.24, 2.45) is 0 Å². The fraction of sp³-hybridized carbons (Fsp3) is 0.286. The van der Waals surface area contributed by atoms with Gasteiger partial charge >= 0.3 is 6.09 Å². The number of hydrogen-bond donors (Lipinski definition) is 0. The summed E-state index contributed by atoms with van der Waals surface area (Å²) >= 11 is 2.72. The number of alkyl halides is 1. The topological polar surface area (TPSA) is 46.6 Å². The number of amides is 2. The van der Waals surface area contributed by atoms with E-state index >= 15 is 0 Å². The molecule has 0 aliphatic carbocycles. The van der Waals surface area contributed by atoms with Crippen LogP contribution in [0.15, 0.2) is 42.0 Å². The Morgan fingerprint density at radius 1 is 1.33 bits per heavy atom. The van der Waals surface area contributed by atoms with Crippen molar-refractivity contribution in [2.45, 2.75) is 12.5 Å². The number of imide groups is 1. The van der Waals surface area contributed by atoms with E-state index < -0.39 is 35.0 Å². The van der Waals surface area contributed by atoms with Crippen LogP contribution < -0.4 is 0 Å². The van der Waals surface area contributed by atoms with Gasteiger partial charge in [0, 0.05) is 0 Å². The van der Waals surface area contributed by atoms with Crippen LogP contribution in [0.2, 0.25) is 0 Å². The molecule has 1 heterocycles. The molecule has 0 spiro atoms. The van der Waals surface area contributed by atoms with Crippen LogP contribution in [0.3, 0.4) is 0 Å². The summed E-state index contributed by atoms with van der Waals surface area (Å²) in [5.41, 5.74) is 0.865. The Kier molecular flexibility index (Phi) is 5.06. The Bertz CT molecular complexity index is 577. The Labute approximate surface area is 128 Å². The summed E-state index contributed by atoms with van der Waals surface area (Å²) in [4.78, 5) is 24.1. The first-order chi connectivity index (χ1) is 10.0. The van der Waals surface area contributed by atoms with Crippen molar-refractivity contribution < 1.29 is 23.1 Å². The molecule has 2 amide bonds. The second-order valence-corrected chi connectivity index (χ2v) is 5.01. The molecule has 4 nitrogen and oxygen atoms in total. The van der Waals surface area contributed by atoms with E-state index in [2.05, 4.69) is 15.9 Å². The van der Waals surface area contributed by atoms with Crippen LogP contribution in [0.5, 0.6) is 0 Å². The standard InChI is InChI=1S/C14H12BrF2NO3/c15-7-11(16)12(17)13(19)18-10(8-21-14(18)20)6-9-4-2-1-3-5-9/h1-5,10H,6-8H2/b12-11+/t10-/m0/s1. The van der Waals surface area contributed by atoms with E-state index in [0.29, 0.717) is 11.3 Å². The van der Waals surface area contributed by atoms with Crippen molar-refractivity contribution in [3.05, 3.63) is 47.5 Å². The number of rotatable bonds is 4. The molecule has 0 aromatic heterocycles. The zero-order valence-electron chi connectivity index (χ0n) is 10.9. The molecular formula is C14H12BrF2NO3. The van der Waals surface area contributed by atoms with Gasteiger partial charge in [-0.3, -0.25) is 4.79 Å². The first-order valence-electron chi connectivity index (χ1n) is 6.19. The van der Waals surface area contributed by atoms with E-state index in [0.717, 1.165) is 5.56 Å². The smallest absolute Gasteiger partial charge is 0.417 e. The van der Waals surface area contributed by atoms with Crippen molar-refractivity contribution in [3.8, 4) is 0 Å². The van der Waals surface area contributed by atoms with Crippen LogP contribution in [0.1, 0.15) is 5.56 Å². The normalized spacial score (nSPS) is 19.3. The molecule has 7 heteroatoms. The van der Waals surface area contributed by atoms with E-state index in [9.17, 15) is 18.4 Å².